The van der Waals surface area contributed by atoms with Crippen LogP contribution in [0.1, 0.15) is 63.1 Å². The van der Waals surface area contributed by atoms with Gasteiger partial charge < -0.3 is 19.5 Å². The van der Waals surface area contributed by atoms with Crippen molar-refractivity contribution < 1.29 is 23.8 Å². The predicted molar refractivity (Wildman–Crippen MR) is 139 cm³/mol. The summed E-state index contributed by atoms with van der Waals surface area (Å²) in [5, 5.41) is 3.37. The van der Waals surface area contributed by atoms with E-state index in [2.05, 4.69) is 19.2 Å². The Morgan fingerprint density at radius 3 is 2.47 bits per heavy atom. The number of carbonyl (C=O) groups is 2. The van der Waals surface area contributed by atoms with Gasteiger partial charge >= 0.3 is 5.97 Å². The Hall–Kier alpha value is -3.54. The fraction of sp³-hybridized carbons (Fsp3) is 0.400. The minimum absolute atomic E-state index is 0.0568. The van der Waals surface area contributed by atoms with Crippen LogP contribution in [0.25, 0.3) is 0 Å². The van der Waals surface area contributed by atoms with Gasteiger partial charge in [0.2, 0.25) is 0 Å². The number of rotatable bonds is 7. The maximum Gasteiger partial charge on any atom is 0.336 e. The highest BCUT2D eigenvalue weighted by molar-refractivity contribution is 6.04. The van der Waals surface area contributed by atoms with Gasteiger partial charge in [-0.3, -0.25) is 4.79 Å². The molecule has 1 N–H and O–H groups in total. The van der Waals surface area contributed by atoms with Gasteiger partial charge in [0.1, 0.15) is 18.1 Å². The highest BCUT2D eigenvalue weighted by atomic mass is 16.5. The minimum atomic E-state index is -0.520. The van der Waals surface area contributed by atoms with E-state index in [-0.39, 0.29) is 24.4 Å². The molecule has 0 radical (unpaired) electrons. The molecular formula is C30H35NO5. The van der Waals surface area contributed by atoms with Crippen LogP contribution in [0.2, 0.25) is 0 Å². The first kappa shape index (κ1) is 25.5. The number of esters is 1. The van der Waals surface area contributed by atoms with Gasteiger partial charge in [-0.15, -0.1) is 0 Å². The number of Topliss-reactive ketones (excluding diaryl/α,β-unsaturated/α-hetero) is 1. The number of benzene rings is 2. The molecule has 0 fully saturated rings. The number of hydrogen-bond acceptors (Lipinski definition) is 6. The predicted octanol–water partition coefficient (Wildman–Crippen LogP) is 5.75. The van der Waals surface area contributed by atoms with Gasteiger partial charge in [-0.05, 0) is 62.4 Å². The number of hydrogen-bond donors (Lipinski definition) is 1. The number of nitrogens with one attached hydrogen (secondary N) is 1. The fourth-order valence-electron chi connectivity index (χ4n) is 5.14. The molecular weight excluding hydrogens is 454 g/mol. The highest BCUT2D eigenvalue weighted by Crippen LogP contribution is 2.47. The summed E-state index contributed by atoms with van der Waals surface area (Å²) in [6.07, 6.45) is 1.16. The van der Waals surface area contributed by atoms with Crippen LogP contribution in [-0.4, -0.2) is 25.5 Å². The van der Waals surface area contributed by atoms with E-state index in [4.69, 9.17) is 14.2 Å². The molecule has 2 aliphatic rings. The van der Waals surface area contributed by atoms with Crippen LogP contribution in [0.3, 0.4) is 0 Å². The van der Waals surface area contributed by atoms with Crippen molar-refractivity contribution in [2.24, 2.45) is 5.41 Å². The molecule has 0 amide bonds. The van der Waals surface area contributed by atoms with Gasteiger partial charge in [0.25, 0.3) is 0 Å². The Balaban J connectivity index is 1.78. The molecule has 2 aromatic rings. The third kappa shape index (κ3) is 5.18. The monoisotopic (exact) mass is 489 g/mol. The summed E-state index contributed by atoms with van der Waals surface area (Å²) in [6, 6.07) is 13.6. The second kappa shape index (κ2) is 10.2. The van der Waals surface area contributed by atoms with Crippen molar-refractivity contribution in [3.63, 3.8) is 0 Å². The van der Waals surface area contributed by atoms with Crippen molar-refractivity contribution in [2.45, 2.75) is 60.0 Å². The Bertz CT molecular complexity index is 1240. The van der Waals surface area contributed by atoms with E-state index in [0.29, 0.717) is 23.3 Å². The number of ether oxygens (including phenoxy) is 3. The van der Waals surface area contributed by atoms with Crippen LogP contribution >= 0.6 is 0 Å². The lowest BCUT2D eigenvalue weighted by atomic mass is 9.68. The van der Waals surface area contributed by atoms with Crippen molar-refractivity contribution in [1.82, 2.24) is 5.32 Å². The first-order valence-electron chi connectivity index (χ1n) is 12.4. The van der Waals surface area contributed by atoms with Crippen LogP contribution in [0, 0.1) is 12.3 Å². The van der Waals surface area contributed by atoms with Crippen LogP contribution < -0.4 is 14.8 Å². The van der Waals surface area contributed by atoms with Gasteiger partial charge in [-0.25, -0.2) is 4.79 Å². The summed E-state index contributed by atoms with van der Waals surface area (Å²) in [6.45, 7) is 10.4. The van der Waals surface area contributed by atoms with Crippen molar-refractivity contribution in [2.75, 3.05) is 13.7 Å². The average molecular weight is 490 g/mol. The Morgan fingerprint density at radius 2 is 1.81 bits per heavy atom. The van der Waals surface area contributed by atoms with E-state index >= 15 is 0 Å². The second-order valence-electron chi connectivity index (χ2n) is 10.3. The van der Waals surface area contributed by atoms with Crippen LogP contribution in [0.4, 0.5) is 0 Å². The molecule has 0 saturated carbocycles. The summed E-state index contributed by atoms with van der Waals surface area (Å²) in [5.74, 6) is 0.565. The average Bonchev–Trinajstić information content (AvgIpc) is 2.82. The second-order valence-corrected chi connectivity index (χ2v) is 10.3. The molecule has 0 saturated heterocycles. The van der Waals surface area contributed by atoms with E-state index in [1.807, 2.05) is 56.3 Å². The number of dihydropyridines is 1. The Kier molecular flexibility index (Phi) is 7.25. The summed E-state index contributed by atoms with van der Waals surface area (Å²) in [7, 11) is 1.62. The molecule has 6 heteroatoms. The summed E-state index contributed by atoms with van der Waals surface area (Å²) < 4.78 is 17.1. The molecule has 1 aliphatic carbocycles. The number of ketones is 1. The van der Waals surface area contributed by atoms with Crippen LogP contribution in [0.5, 0.6) is 11.5 Å². The lowest BCUT2D eigenvalue weighted by molar-refractivity contribution is -0.138. The standard InChI is InChI=1S/C30H35NO5/c1-7-35-29(33)26-19(3)31-23-15-30(4,5)16-24(32)28(23)27(26)20-10-13-25(34-6)21(14-20)17-36-22-11-8-18(2)9-12-22/h8-14,27,31H,7,15-17H2,1-6H3/t27-/m0/s1. The van der Waals surface area contributed by atoms with Gasteiger partial charge in [0.15, 0.2) is 5.78 Å². The summed E-state index contributed by atoms with van der Waals surface area (Å²) in [5.41, 5.74) is 5.41. The van der Waals surface area contributed by atoms with Crippen LogP contribution in [-0.2, 0) is 20.9 Å². The Labute approximate surface area is 213 Å². The molecule has 1 atom stereocenters. The van der Waals surface area contributed by atoms with Gasteiger partial charge in [-0.2, -0.15) is 0 Å². The van der Waals surface area contributed by atoms with E-state index in [1.165, 1.54) is 0 Å². The molecule has 2 aromatic carbocycles. The first-order valence-corrected chi connectivity index (χ1v) is 12.4. The molecule has 0 unspecified atom stereocenters. The van der Waals surface area contributed by atoms with Crippen molar-refractivity contribution in [3.8, 4) is 11.5 Å². The molecule has 4 rings (SSSR count). The normalized spacial score (nSPS) is 18.9. The Morgan fingerprint density at radius 1 is 1.08 bits per heavy atom. The lowest BCUT2D eigenvalue weighted by Gasteiger charge is -2.39. The van der Waals surface area contributed by atoms with Crippen molar-refractivity contribution in [3.05, 3.63) is 81.7 Å². The van der Waals surface area contributed by atoms with Crippen molar-refractivity contribution in [1.29, 1.82) is 0 Å². The fourth-order valence-corrected chi connectivity index (χ4v) is 5.14. The zero-order valence-electron chi connectivity index (χ0n) is 22.0. The maximum atomic E-state index is 13.5. The third-order valence-electron chi connectivity index (χ3n) is 6.79. The zero-order chi connectivity index (χ0) is 26.0. The minimum Gasteiger partial charge on any atom is -0.496 e. The molecule has 6 nitrogen and oxygen atoms in total. The summed E-state index contributed by atoms with van der Waals surface area (Å²) >= 11 is 0. The maximum absolute atomic E-state index is 13.5. The molecule has 190 valence electrons. The summed E-state index contributed by atoms with van der Waals surface area (Å²) in [4.78, 5) is 26.6. The third-order valence-corrected chi connectivity index (χ3v) is 6.79. The molecule has 0 aromatic heterocycles. The number of allylic oxidation sites excluding steroid dienone is 3. The SMILES string of the molecule is CCOC(=O)C1=C(C)NC2=C(C(=O)CC(C)(C)C2)[C@H]1c1ccc(OC)c(COc2ccc(C)cc2)c1. The lowest BCUT2D eigenvalue weighted by Crippen LogP contribution is -2.38. The highest BCUT2D eigenvalue weighted by Gasteiger charge is 2.43. The zero-order valence-corrected chi connectivity index (χ0v) is 22.0. The number of carbonyl (C=O) groups excluding carboxylic acids is 2. The largest absolute Gasteiger partial charge is 0.496 e. The number of aryl methyl sites for hydroxylation is 1. The van der Waals surface area contributed by atoms with E-state index in [9.17, 15) is 9.59 Å². The van der Waals surface area contributed by atoms with E-state index in [0.717, 1.165) is 40.3 Å². The smallest absolute Gasteiger partial charge is 0.336 e. The van der Waals surface area contributed by atoms with Crippen molar-refractivity contribution >= 4 is 11.8 Å². The quantitative estimate of drug-likeness (QED) is 0.499. The molecule has 1 heterocycles. The van der Waals surface area contributed by atoms with Gasteiger partial charge in [-0.1, -0.05) is 37.6 Å². The van der Waals surface area contributed by atoms with Crippen LogP contribution in [0.15, 0.2) is 65.0 Å². The first-order chi connectivity index (χ1) is 17.1. The molecule has 0 bridgehead atoms. The molecule has 0 spiro atoms. The topological polar surface area (TPSA) is 73.9 Å². The van der Waals surface area contributed by atoms with E-state index < -0.39 is 11.9 Å². The van der Waals surface area contributed by atoms with Gasteiger partial charge in [0.05, 0.1) is 19.3 Å². The van der Waals surface area contributed by atoms with E-state index in [1.54, 1.807) is 14.0 Å². The van der Waals surface area contributed by atoms with Gasteiger partial charge in [0, 0.05) is 34.9 Å². The molecule has 36 heavy (non-hydrogen) atoms. The number of methoxy groups -OCH3 is 1. The molecule has 1 aliphatic heterocycles.